The number of nitrogens with zero attached hydrogens (tertiary/aromatic N) is 3. The number of pyridine rings is 1. The van der Waals surface area contributed by atoms with Crippen molar-refractivity contribution in [1.29, 1.82) is 0 Å². The van der Waals surface area contributed by atoms with Crippen LogP contribution in [0.3, 0.4) is 0 Å². The van der Waals surface area contributed by atoms with Crippen molar-refractivity contribution in [2.45, 2.75) is 13.8 Å². The molecule has 3 nitrogen and oxygen atoms in total. The van der Waals surface area contributed by atoms with Crippen LogP contribution < -0.4 is 4.57 Å². The lowest BCUT2D eigenvalue weighted by molar-refractivity contribution is -0.603. The lowest BCUT2D eigenvalue weighted by Crippen LogP contribution is -2.32. The highest BCUT2D eigenvalue weighted by Gasteiger charge is 2.10. The Balaban J connectivity index is 2.52. The van der Waals surface area contributed by atoms with Crippen molar-refractivity contribution in [1.82, 2.24) is 9.97 Å². The van der Waals surface area contributed by atoms with Gasteiger partial charge in [-0.1, -0.05) is 16.0 Å². The summed E-state index contributed by atoms with van der Waals surface area (Å²) in [5.74, 6) is 0.725. The molecule has 0 spiro atoms. The second kappa shape index (κ2) is 3.54. The van der Waals surface area contributed by atoms with Gasteiger partial charge in [0.1, 0.15) is 11.4 Å². The van der Waals surface area contributed by atoms with Crippen LogP contribution in [0.4, 0.5) is 0 Å². The number of aryl methyl sites for hydroxylation is 2. The molecule has 0 amide bonds. The van der Waals surface area contributed by atoms with Gasteiger partial charge in [0.25, 0.3) is 0 Å². The summed E-state index contributed by atoms with van der Waals surface area (Å²) < 4.78 is 1.90. The molecule has 0 saturated carbocycles. The molecule has 0 unspecified atom stereocenters. The van der Waals surface area contributed by atoms with Gasteiger partial charge in [-0.15, -0.1) is 0 Å². The van der Waals surface area contributed by atoms with Crippen LogP contribution in [0.2, 0.25) is 0 Å². The third kappa shape index (κ3) is 1.76. The normalized spacial score (nSPS) is 10.1. The predicted molar refractivity (Wildman–Crippen MR) is 53.0 cm³/mol. The molecule has 0 aliphatic carbocycles. The standard InChI is InChI=1S/C11H12N3/c1-9-8-10(2)13-11(12-9)14-6-4-3-5-7-14/h3-8H,1-2H3/q+1. The van der Waals surface area contributed by atoms with Gasteiger partial charge in [-0.3, -0.25) is 0 Å². The summed E-state index contributed by atoms with van der Waals surface area (Å²) in [6.07, 6.45) is 3.88. The maximum Gasteiger partial charge on any atom is 0.437 e. The van der Waals surface area contributed by atoms with Gasteiger partial charge in [0.2, 0.25) is 0 Å². The molecule has 2 rings (SSSR count). The lowest BCUT2D eigenvalue weighted by atomic mass is 10.3. The Labute approximate surface area is 83.1 Å². The average molecular weight is 186 g/mol. The van der Waals surface area contributed by atoms with Crippen LogP contribution in [0, 0.1) is 13.8 Å². The first kappa shape index (κ1) is 8.81. The Hall–Kier alpha value is -1.77. The Bertz CT molecular complexity index is 417. The van der Waals surface area contributed by atoms with Crippen LogP contribution in [0.25, 0.3) is 5.95 Å². The number of hydrogen-bond acceptors (Lipinski definition) is 2. The molecule has 2 heterocycles. The summed E-state index contributed by atoms with van der Waals surface area (Å²) in [5, 5.41) is 0. The largest absolute Gasteiger partial charge is 0.437 e. The van der Waals surface area contributed by atoms with Crippen molar-refractivity contribution >= 4 is 0 Å². The van der Waals surface area contributed by atoms with Crippen LogP contribution in [-0.2, 0) is 0 Å². The molecular weight excluding hydrogens is 174 g/mol. The Kier molecular flexibility index (Phi) is 2.23. The first-order valence-corrected chi connectivity index (χ1v) is 4.55. The summed E-state index contributed by atoms with van der Waals surface area (Å²) in [6.45, 7) is 3.95. The third-order valence-corrected chi connectivity index (χ3v) is 1.92. The van der Waals surface area contributed by atoms with Gasteiger partial charge in [0, 0.05) is 6.07 Å². The summed E-state index contributed by atoms with van der Waals surface area (Å²) in [7, 11) is 0. The predicted octanol–water partition coefficient (Wildman–Crippen LogP) is 1.37. The van der Waals surface area contributed by atoms with Crippen molar-refractivity contribution in [3.63, 3.8) is 0 Å². The molecule has 0 bridgehead atoms. The highest BCUT2D eigenvalue weighted by molar-refractivity contribution is 5.11. The molecule has 0 N–H and O–H groups in total. The minimum Gasteiger partial charge on any atom is -0.206 e. The van der Waals surface area contributed by atoms with E-state index >= 15 is 0 Å². The number of rotatable bonds is 1. The van der Waals surface area contributed by atoms with E-state index in [0.717, 1.165) is 17.3 Å². The monoisotopic (exact) mass is 186 g/mol. The summed E-state index contributed by atoms with van der Waals surface area (Å²) in [6, 6.07) is 7.86. The zero-order valence-electron chi connectivity index (χ0n) is 8.31. The quantitative estimate of drug-likeness (QED) is 0.629. The Morgan fingerprint density at radius 2 is 1.50 bits per heavy atom. The molecule has 0 radical (unpaired) electrons. The van der Waals surface area contributed by atoms with Crippen molar-refractivity contribution < 1.29 is 4.57 Å². The van der Waals surface area contributed by atoms with E-state index in [1.165, 1.54) is 0 Å². The molecule has 2 aromatic heterocycles. The molecule has 70 valence electrons. The average Bonchev–Trinajstić information content (AvgIpc) is 2.18. The zero-order chi connectivity index (χ0) is 9.97. The maximum absolute atomic E-state index is 4.36. The van der Waals surface area contributed by atoms with Crippen LogP contribution >= 0.6 is 0 Å². The minimum absolute atomic E-state index is 0.725. The third-order valence-electron chi connectivity index (χ3n) is 1.92. The van der Waals surface area contributed by atoms with Crippen molar-refractivity contribution in [3.8, 4) is 5.95 Å². The molecule has 0 aromatic carbocycles. The first-order chi connectivity index (χ1) is 6.75. The van der Waals surface area contributed by atoms with Crippen LogP contribution in [0.1, 0.15) is 11.4 Å². The number of aromatic nitrogens is 3. The minimum atomic E-state index is 0.725. The Morgan fingerprint density at radius 1 is 0.929 bits per heavy atom. The van der Waals surface area contributed by atoms with Gasteiger partial charge in [0.15, 0.2) is 0 Å². The van der Waals surface area contributed by atoms with Gasteiger partial charge < -0.3 is 0 Å². The second-order valence-corrected chi connectivity index (χ2v) is 3.23. The molecule has 0 fully saturated rings. The van der Waals surface area contributed by atoms with E-state index < -0.39 is 0 Å². The van der Waals surface area contributed by atoms with E-state index in [1.807, 2.05) is 55.1 Å². The summed E-state index contributed by atoms with van der Waals surface area (Å²) >= 11 is 0. The SMILES string of the molecule is Cc1cc(C)nc(-[n+]2ccccc2)n1. The molecule has 2 aromatic rings. The van der Waals surface area contributed by atoms with Gasteiger partial charge >= 0.3 is 5.95 Å². The topological polar surface area (TPSA) is 29.7 Å². The van der Waals surface area contributed by atoms with E-state index in [2.05, 4.69) is 9.97 Å². The molecule has 0 saturated heterocycles. The molecular formula is C11H12N3+. The van der Waals surface area contributed by atoms with Crippen molar-refractivity contribution in [2.75, 3.05) is 0 Å². The van der Waals surface area contributed by atoms with Gasteiger partial charge in [0.05, 0.1) is 12.4 Å². The fourth-order valence-electron chi connectivity index (χ4n) is 1.35. The fourth-order valence-corrected chi connectivity index (χ4v) is 1.35. The molecule has 0 aliphatic rings. The summed E-state index contributed by atoms with van der Waals surface area (Å²) in [4.78, 5) is 8.71. The number of hydrogen-bond donors (Lipinski definition) is 0. The van der Waals surface area contributed by atoms with Crippen LogP contribution in [0.5, 0.6) is 0 Å². The van der Waals surface area contributed by atoms with Gasteiger partial charge in [-0.25, -0.2) is 4.57 Å². The molecule has 0 aliphatic heterocycles. The molecule has 14 heavy (non-hydrogen) atoms. The smallest absolute Gasteiger partial charge is 0.206 e. The summed E-state index contributed by atoms with van der Waals surface area (Å²) in [5.41, 5.74) is 1.98. The van der Waals surface area contributed by atoms with Gasteiger partial charge in [-0.2, -0.15) is 0 Å². The highest BCUT2D eigenvalue weighted by Crippen LogP contribution is 1.98. The second-order valence-electron chi connectivity index (χ2n) is 3.23. The molecule has 0 atom stereocenters. The maximum atomic E-state index is 4.36. The van der Waals surface area contributed by atoms with Crippen LogP contribution in [0.15, 0.2) is 36.7 Å². The molecule has 3 heteroatoms. The van der Waals surface area contributed by atoms with E-state index in [-0.39, 0.29) is 0 Å². The van der Waals surface area contributed by atoms with E-state index in [0.29, 0.717) is 0 Å². The first-order valence-electron chi connectivity index (χ1n) is 4.55. The fraction of sp³-hybridized carbons (Fsp3) is 0.182. The van der Waals surface area contributed by atoms with E-state index in [9.17, 15) is 0 Å². The Morgan fingerprint density at radius 3 is 2.07 bits per heavy atom. The zero-order valence-corrected chi connectivity index (χ0v) is 8.31. The van der Waals surface area contributed by atoms with Crippen molar-refractivity contribution in [3.05, 3.63) is 48.0 Å². The van der Waals surface area contributed by atoms with Crippen molar-refractivity contribution in [2.24, 2.45) is 0 Å². The van der Waals surface area contributed by atoms with Crippen LogP contribution in [-0.4, -0.2) is 9.97 Å². The van der Waals surface area contributed by atoms with Gasteiger partial charge in [-0.05, 0) is 26.0 Å². The highest BCUT2D eigenvalue weighted by atomic mass is 15.1. The lowest BCUT2D eigenvalue weighted by Gasteiger charge is -1.95. The van der Waals surface area contributed by atoms with E-state index in [4.69, 9.17) is 0 Å². The van der Waals surface area contributed by atoms with E-state index in [1.54, 1.807) is 0 Å².